The number of aliphatic carboxylic acids is 1. The maximum atomic E-state index is 12.1. The molecule has 0 bridgehead atoms. The Morgan fingerprint density at radius 3 is 2.69 bits per heavy atom. The number of hydrogen-bond donors (Lipinski definition) is 2. The first kappa shape index (κ1) is 21.4. The first-order valence-electron chi connectivity index (χ1n) is 8.56. The van der Waals surface area contributed by atoms with Crippen LogP contribution in [0.25, 0.3) is 0 Å². The number of nitrogens with zero attached hydrogens (tertiary/aromatic N) is 2. The van der Waals surface area contributed by atoms with Gasteiger partial charge in [-0.25, -0.2) is 10.2 Å². The van der Waals surface area contributed by atoms with Crippen LogP contribution in [0.4, 0.5) is 5.69 Å². The predicted octanol–water partition coefficient (Wildman–Crippen LogP) is 2.61. The quantitative estimate of drug-likeness (QED) is 0.374. The van der Waals surface area contributed by atoms with Crippen molar-refractivity contribution in [3.8, 4) is 11.5 Å². The average molecular weight is 401 g/mol. The van der Waals surface area contributed by atoms with Crippen molar-refractivity contribution in [1.29, 1.82) is 0 Å². The van der Waals surface area contributed by atoms with Crippen molar-refractivity contribution in [2.75, 3.05) is 6.61 Å². The number of hydrazone groups is 1. The molecule has 2 N–H and O–H groups in total. The Morgan fingerprint density at radius 1 is 1.28 bits per heavy atom. The van der Waals surface area contributed by atoms with E-state index in [0.717, 1.165) is 6.07 Å². The number of rotatable bonds is 9. The number of nitro groups is 1. The molecule has 10 nitrogen and oxygen atoms in total. The Balaban J connectivity index is 2.10. The summed E-state index contributed by atoms with van der Waals surface area (Å²) in [7, 11) is 0. The van der Waals surface area contributed by atoms with Gasteiger partial charge >= 0.3 is 5.97 Å². The zero-order valence-electron chi connectivity index (χ0n) is 15.7. The van der Waals surface area contributed by atoms with E-state index >= 15 is 0 Å². The van der Waals surface area contributed by atoms with Crippen LogP contribution in [0.5, 0.6) is 11.5 Å². The summed E-state index contributed by atoms with van der Waals surface area (Å²) >= 11 is 0. The topological polar surface area (TPSA) is 140 Å². The predicted molar refractivity (Wildman–Crippen MR) is 103 cm³/mol. The number of carbonyl (C=O) groups is 2. The maximum absolute atomic E-state index is 12.1. The molecule has 0 saturated carbocycles. The molecule has 2 rings (SSSR count). The zero-order valence-corrected chi connectivity index (χ0v) is 15.7. The van der Waals surface area contributed by atoms with Gasteiger partial charge in [-0.1, -0.05) is 6.07 Å². The highest BCUT2D eigenvalue weighted by Crippen LogP contribution is 2.29. The van der Waals surface area contributed by atoms with Crippen LogP contribution in [0.2, 0.25) is 0 Å². The number of carboxylic acids is 1. The summed E-state index contributed by atoms with van der Waals surface area (Å²) in [5, 5.41) is 23.6. The van der Waals surface area contributed by atoms with Crippen molar-refractivity contribution in [3.63, 3.8) is 0 Å². The van der Waals surface area contributed by atoms with Crippen LogP contribution in [0.3, 0.4) is 0 Å². The second-order valence-corrected chi connectivity index (χ2v) is 5.74. The summed E-state index contributed by atoms with van der Waals surface area (Å²) < 4.78 is 10.8. The van der Waals surface area contributed by atoms with E-state index in [1.54, 1.807) is 19.1 Å². The minimum atomic E-state index is -1.11. The van der Waals surface area contributed by atoms with Crippen LogP contribution >= 0.6 is 0 Å². The largest absolute Gasteiger partial charge is 0.490 e. The number of non-ortho nitro benzene ring substituents is 1. The first-order valence-corrected chi connectivity index (χ1v) is 8.56. The van der Waals surface area contributed by atoms with Crippen LogP contribution in [-0.4, -0.2) is 40.8 Å². The Labute approximate surface area is 165 Å². The number of carboxylic acid groups (broad SMARTS) is 1. The Hall–Kier alpha value is -3.95. The highest BCUT2D eigenvalue weighted by molar-refractivity contribution is 5.95. The zero-order chi connectivity index (χ0) is 21.4. The number of nitrogens with one attached hydrogen (secondary N) is 1. The highest BCUT2D eigenvalue weighted by atomic mass is 16.6. The van der Waals surface area contributed by atoms with E-state index in [1.165, 1.54) is 37.4 Å². The summed E-state index contributed by atoms with van der Waals surface area (Å²) in [5.41, 5.74) is 2.74. The summed E-state index contributed by atoms with van der Waals surface area (Å²) in [6, 6.07) is 9.99. The second-order valence-electron chi connectivity index (χ2n) is 5.74. The van der Waals surface area contributed by atoms with E-state index < -0.39 is 22.9 Å². The molecule has 0 saturated heterocycles. The van der Waals surface area contributed by atoms with Gasteiger partial charge in [-0.05, 0) is 43.7 Å². The molecule has 0 aliphatic rings. The normalized spacial score (nSPS) is 11.7. The number of carbonyl (C=O) groups excluding carboxylic acids is 1. The van der Waals surface area contributed by atoms with Crippen molar-refractivity contribution in [1.82, 2.24) is 5.43 Å². The number of amides is 1. The molecule has 29 heavy (non-hydrogen) atoms. The Morgan fingerprint density at radius 2 is 2.03 bits per heavy atom. The van der Waals surface area contributed by atoms with Crippen molar-refractivity contribution in [2.45, 2.75) is 20.0 Å². The van der Waals surface area contributed by atoms with Crippen LogP contribution < -0.4 is 14.9 Å². The van der Waals surface area contributed by atoms with Gasteiger partial charge in [-0.15, -0.1) is 0 Å². The number of ether oxygens (including phenoxy) is 2. The molecule has 0 fully saturated rings. The average Bonchev–Trinajstić information content (AvgIpc) is 2.69. The lowest BCUT2D eigenvalue weighted by Gasteiger charge is -2.15. The third-order valence-corrected chi connectivity index (χ3v) is 3.62. The van der Waals surface area contributed by atoms with E-state index in [1.807, 2.05) is 0 Å². The molecule has 0 radical (unpaired) electrons. The Kier molecular flexibility index (Phi) is 7.24. The molecule has 0 aromatic heterocycles. The van der Waals surface area contributed by atoms with E-state index in [4.69, 9.17) is 14.6 Å². The third-order valence-electron chi connectivity index (χ3n) is 3.62. The van der Waals surface area contributed by atoms with Crippen LogP contribution in [-0.2, 0) is 4.79 Å². The molecule has 0 aliphatic carbocycles. The third kappa shape index (κ3) is 6.03. The molecule has 1 unspecified atom stereocenters. The molecule has 1 atom stereocenters. The van der Waals surface area contributed by atoms with Crippen molar-refractivity contribution >= 4 is 23.8 Å². The van der Waals surface area contributed by atoms with Gasteiger partial charge in [0.05, 0.1) is 17.7 Å². The van der Waals surface area contributed by atoms with Crippen molar-refractivity contribution < 1.29 is 29.1 Å². The van der Waals surface area contributed by atoms with Crippen LogP contribution in [0.15, 0.2) is 47.6 Å². The van der Waals surface area contributed by atoms with E-state index in [2.05, 4.69) is 10.5 Å². The summed E-state index contributed by atoms with van der Waals surface area (Å²) in [4.78, 5) is 33.2. The first-order chi connectivity index (χ1) is 13.8. The molecule has 2 aromatic rings. The smallest absolute Gasteiger partial charge is 0.344 e. The molecule has 0 heterocycles. The highest BCUT2D eigenvalue weighted by Gasteiger charge is 2.16. The molecule has 0 aliphatic heterocycles. The lowest BCUT2D eigenvalue weighted by Crippen LogP contribution is -2.23. The van der Waals surface area contributed by atoms with Gasteiger partial charge < -0.3 is 14.6 Å². The van der Waals surface area contributed by atoms with Crippen molar-refractivity contribution in [3.05, 3.63) is 63.7 Å². The fraction of sp³-hybridized carbons (Fsp3) is 0.211. The van der Waals surface area contributed by atoms with Gasteiger partial charge in [0, 0.05) is 17.7 Å². The summed E-state index contributed by atoms with van der Waals surface area (Å²) in [5.74, 6) is -1.12. The maximum Gasteiger partial charge on any atom is 0.344 e. The van der Waals surface area contributed by atoms with E-state index in [0.29, 0.717) is 17.9 Å². The molecule has 0 spiro atoms. The molecule has 152 valence electrons. The SMILES string of the molecule is CCOc1cc(/C=N/NC(=O)c2cccc([N+](=O)[O-])c2)ccc1OC(C)C(=O)O. The van der Waals surface area contributed by atoms with Gasteiger partial charge in [0.25, 0.3) is 11.6 Å². The molecule has 2 aromatic carbocycles. The second kappa shape index (κ2) is 9.83. The number of nitro benzene ring substituents is 1. The molecular weight excluding hydrogens is 382 g/mol. The lowest BCUT2D eigenvalue weighted by atomic mass is 10.2. The minimum Gasteiger partial charge on any atom is -0.490 e. The fourth-order valence-electron chi connectivity index (χ4n) is 2.20. The molecule has 10 heteroatoms. The van der Waals surface area contributed by atoms with Gasteiger partial charge in [0.15, 0.2) is 17.6 Å². The van der Waals surface area contributed by atoms with E-state index in [-0.39, 0.29) is 17.0 Å². The Bertz CT molecular complexity index is 943. The van der Waals surface area contributed by atoms with E-state index in [9.17, 15) is 19.7 Å². The van der Waals surface area contributed by atoms with Crippen LogP contribution in [0.1, 0.15) is 29.8 Å². The minimum absolute atomic E-state index is 0.0951. The number of hydrogen-bond acceptors (Lipinski definition) is 7. The standard InChI is InChI=1S/C19H19N3O7/c1-3-28-17-9-13(7-8-16(17)29-12(2)19(24)25)11-20-21-18(23)14-5-4-6-15(10-14)22(26)27/h4-12H,3H2,1-2H3,(H,21,23)(H,24,25)/b20-11+. The van der Waals surface area contributed by atoms with Crippen LogP contribution in [0, 0.1) is 10.1 Å². The summed E-state index contributed by atoms with van der Waals surface area (Å²) in [6.45, 7) is 3.50. The van der Waals surface area contributed by atoms with Gasteiger partial charge in [-0.2, -0.15) is 5.10 Å². The molecular formula is C19H19N3O7. The lowest BCUT2D eigenvalue weighted by molar-refractivity contribution is -0.384. The monoisotopic (exact) mass is 401 g/mol. The van der Waals surface area contributed by atoms with Gasteiger partial charge in [0.1, 0.15) is 0 Å². The number of benzene rings is 2. The van der Waals surface area contributed by atoms with Gasteiger partial charge in [0.2, 0.25) is 0 Å². The summed E-state index contributed by atoms with van der Waals surface area (Å²) in [6.07, 6.45) is 0.297. The van der Waals surface area contributed by atoms with Crippen molar-refractivity contribution in [2.24, 2.45) is 5.10 Å². The fourth-order valence-corrected chi connectivity index (χ4v) is 2.20. The van der Waals surface area contributed by atoms with Gasteiger partial charge in [-0.3, -0.25) is 14.9 Å². The molecule has 1 amide bonds.